The van der Waals surface area contributed by atoms with E-state index < -0.39 is 17.3 Å². The third kappa shape index (κ3) is 3.05. The average Bonchev–Trinajstić information content (AvgIpc) is 2.30. The summed E-state index contributed by atoms with van der Waals surface area (Å²) >= 11 is 0.902. The summed E-state index contributed by atoms with van der Waals surface area (Å²) in [7, 11) is 0. The van der Waals surface area contributed by atoms with E-state index in [1.807, 2.05) is 0 Å². The van der Waals surface area contributed by atoms with Crippen LogP contribution in [-0.4, -0.2) is 26.0 Å². The number of carbonyl (C=O) groups is 1. The molecular weight excluding hydrogens is 269 g/mol. The molecule has 0 spiro atoms. The van der Waals surface area contributed by atoms with Crippen LogP contribution in [0.1, 0.15) is 21.7 Å². The van der Waals surface area contributed by atoms with Gasteiger partial charge in [0.25, 0.3) is 0 Å². The molecule has 0 atom stereocenters. The molecule has 7 heteroatoms. The first kappa shape index (κ1) is 13.4. The Bertz CT molecular complexity index is 629. The van der Waals surface area contributed by atoms with E-state index in [9.17, 15) is 9.18 Å². The van der Waals surface area contributed by atoms with Crippen molar-refractivity contribution < 1.29 is 14.3 Å². The first-order chi connectivity index (χ1) is 8.97. The minimum absolute atomic E-state index is 0.0510. The predicted molar refractivity (Wildman–Crippen MR) is 66.8 cm³/mol. The Kier molecular flexibility index (Phi) is 3.75. The van der Waals surface area contributed by atoms with Crippen molar-refractivity contribution in [3.63, 3.8) is 0 Å². The molecular formula is C12H10FN3O2S. The fourth-order valence-electron chi connectivity index (χ4n) is 1.49. The zero-order valence-electron chi connectivity index (χ0n) is 10.2. The van der Waals surface area contributed by atoms with Gasteiger partial charge in [-0.15, -0.1) is 0 Å². The molecule has 0 bridgehead atoms. The monoisotopic (exact) mass is 279 g/mol. The molecule has 2 aromatic heterocycles. The smallest absolute Gasteiger partial charge is 0.338 e. The van der Waals surface area contributed by atoms with Gasteiger partial charge in [0.15, 0.2) is 11.0 Å². The molecule has 0 radical (unpaired) electrons. The highest BCUT2D eigenvalue weighted by Crippen LogP contribution is 2.27. The second-order valence-corrected chi connectivity index (χ2v) is 4.77. The van der Waals surface area contributed by atoms with E-state index in [2.05, 4.69) is 15.0 Å². The largest absolute Gasteiger partial charge is 0.478 e. The molecule has 98 valence electrons. The van der Waals surface area contributed by atoms with Gasteiger partial charge in [0.05, 0.1) is 5.56 Å². The van der Waals surface area contributed by atoms with Crippen LogP contribution in [0.4, 0.5) is 4.39 Å². The first-order valence-corrected chi connectivity index (χ1v) is 6.17. The SMILES string of the molecule is Cc1cc(C)nc(Sc2nccc(C(=O)O)c2F)n1. The summed E-state index contributed by atoms with van der Waals surface area (Å²) in [4.78, 5) is 22.9. The van der Waals surface area contributed by atoms with Gasteiger partial charge in [-0.3, -0.25) is 0 Å². The molecule has 0 aliphatic carbocycles. The van der Waals surface area contributed by atoms with Crippen molar-refractivity contribution in [1.29, 1.82) is 0 Å². The minimum Gasteiger partial charge on any atom is -0.478 e. The summed E-state index contributed by atoms with van der Waals surface area (Å²) < 4.78 is 13.9. The average molecular weight is 279 g/mol. The highest BCUT2D eigenvalue weighted by Gasteiger charge is 2.17. The summed E-state index contributed by atoms with van der Waals surface area (Å²) in [5, 5.41) is 9.12. The van der Waals surface area contributed by atoms with Gasteiger partial charge in [-0.25, -0.2) is 24.1 Å². The lowest BCUT2D eigenvalue weighted by Crippen LogP contribution is -2.03. The molecule has 0 fully saturated rings. The quantitative estimate of drug-likeness (QED) is 0.870. The zero-order chi connectivity index (χ0) is 14.0. The molecule has 2 heterocycles. The van der Waals surface area contributed by atoms with Crippen molar-refractivity contribution in [1.82, 2.24) is 15.0 Å². The molecule has 0 aromatic carbocycles. The van der Waals surface area contributed by atoms with Crippen molar-refractivity contribution in [2.24, 2.45) is 0 Å². The van der Waals surface area contributed by atoms with E-state index in [-0.39, 0.29) is 5.03 Å². The second-order valence-electron chi connectivity index (χ2n) is 3.82. The lowest BCUT2D eigenvalue weighted by atomic mass is 10.3. The van der Waals surface area contributed by atoms with Gasteiger partial charge in [-0.2, -0.15) is 0 Å². The Morgan fingerprint density at radius 2 is 1.95 bits per heavy atom. The lowest BCUT2D eigenvalue weighted by Gasteiger charge is -2.04. The number of aromatic nitrogens is 3. The normalized spacial score (nSPS) is 10.5. The molecule has 19 heavy (non-hydrogen) atoms. The Morgan fingerprint density at radius 1 is 1.32 bits per heavy atom. The number of nitrogens with zero attached hydrogens (tertiary/aromatic N) is 3. The Balaban J connectivity index is 2.38. The number of hydrogen-bond donors (Lipinski definition) is 1. The number of halogens is 1. The number of hydrogen-bond acceptors (Lipinski definition) is 5. The molecule has 1 N–H and O–H groups in total. The zero-order valence-corrected chi connectivity index (χ0v) is 11.0. The number of aromatic carboxylic acids is 1. The fourth-order valence-corrected chi connectivity index (χ4v) is 2.35. The van der Waals surface area contributed by atoms with Gasteiger partial charge in [-0.1, -0.05) is 0 Å². The maximum Gasteiger partial charge on any atom is 0.338 e. The van der Waals surface area contributed by atoms with Gasteiger partial charge < -0.3 is 5.11 Å². The van der Waals surface area contributed by atoms with Crippen LogP contribution in [-0.2, 0) is 0 Å². The third-order valence-electron chi connectivity index (χ3n) is 2.24. The van der Waals surface area contributed by atoms with Gasteiger partial charge >= 0.3 is 5.97 Å². The van der Waals surface area contributed by atoms with Gasteiger partial charge in [0, 0.05) is 17.6 Å². The van der Waals surface area contributed by atoms with Crippen LogP contribution in [0.15, 0.2) is 28.5 Å². The standard InChI is InChI=1S/C12H10FN3O2S/c1-6-5-7(2)16-12(15-6)19-10-9(13)8(11(17)18)3-4-14-10/h3-5H,1-2H3,(H,17,18). The molecule has 0 aliphatic heterocycles. The van der Waals surface area contributed by atoms with Crippen LogP contribution in [0.2, 0.25) is 0 Å². The van der Waals surface area contributed by atoms with E-state index in [1.54, 1.807) is 19.9 Å². The van der Waals surface area contributed by atoms with Crippen LogP contribution in [0.25, 0.3) is 0 Å². The molecule has 0 saturated heterocycles. The van der Waals surface area contributed by atoms with Gasteiger partial charge in [0.1, 0.15) is 5.03 Å². The summed E-state index contributed by atoms with van der Waals surface area (Å²) in [6.45, 7) is 3.60. The van der Waals surface area contributed by atoms with Crippen LogP contribution in [0, 0.1) is 19.7 Å². The topological polar surface area (TPSA) is 76.0 Å². The summed E-state index contributed by atoms with van der Waals surface area (Å²) in [5.74, 6) is -2.20. The predicted octanol–water partition coefficient (Wildman–Crippen LogP) is 2.48. The number of carboxylic acid groups (broad SMARTS) is 1. The van der Waals surface area contributed by atoms with Crippen molar-refractivity contribution in [3.05, 3.63) is 41.1 Å². The summed E-state index contributed by atoms with van der Waals surface area (Å²) in [5.41, 5.74) is 1.09. The number of pyridine rings is 1. The highest BCUT2D eigenvalue weighted by atomic mass is 32.2. The van der Waals surface area contributed by atoms with E-state index >= 15 is 0 Å². The highest BCUT2D eigenvalue weighted by molar-refractivity contribution is 7.99. The second kappa shape index (κ2) is 5.31. The number of rotatable bonds is 3. The molecule has 2 rings (SSSR count). The van der Waals surface area contributed by atoms with Crippen molar-refractivity contribution >= 4 is 17.7 Å². The molecule has 0 amide bonds. The van der Waals surface area contributed by atoms with Crippen molar-refractivity contribution in [2.75, 3.05) is 0 Å². The lowest BCUT2D eigenvalue weighted by molar-refractivity contribution is 0.0691. The van der Waals surface area contributed by atoms with E-state index in [1.165, 1.54) is 6.20 Å². The van der Waals surface area contributed by atoms with E-state index in [4.69, 9.17) is 5.11 Å². The summed E-state index contributed by atoms with van der Waals surface area (Å²) in [6.07, 6.45) is 1.25. The first-order valence-electron chi connectivity index (χ1n) is 5.35. The maximum atomic E-state index is 13.9. The van der Waals surface area contributed by atoms with Gasteiger partial charge in [0.2, 0.25) is 0 Å². The number of aryl methyl sites for hydroxylation is 2. The molecule has 2 aromatic rings. The fraction of sp³-hybridized carbons (Fsp3) is 0.167. The van der Waals surface area contributed by atoms with E-state index in [0.29, 0.717) is 5.16 Å². The minimum atomic E-state index is -1.33. The Labute approximate surface area is 112 Å². The molecule has 0 saturated carbocycles. The van der Waals surface area contributed by atoms with Crippen LogP contribution in [0.3, 0.4) is 0 Å². The number of carboxylic acids is 1. The van der Waals surface area contributed by atoms with Crippen LogP contribution < -0.4 is 0 Å². The Hall–Kier alpha value is -2.02. The van der Waals surface area contributed by atoms with Crippen LogP contribution in [0.5, 0.6) is 0 Å². The van der Waals surface area contributed by atoms with E-state index in [0.717, 1.165) is 29.2 Å². The van der Waals surface area contributed by atoms with Gasteiger partial charge in [-0.05, 0) is 37.7 Å². The molecule has 5 nitrogen and oxygen atoms in total. The molecule has 0 aliphatic rings. The maximum absolute atomic E-state index is 13.9. The molecule has 0 unspecified atom stereocenters. The Morgan fingerprint density at radius 3 is 2.53 bits per heavy atom. The third-order valence-corrected chi connectivity index (χ3v) is 3.08. The van der Waals surface area contributed by atoms with Crippen molar-refractivity contribution in [2.45, 2.75) is 24.0 Å². The van der Waals surface area contributed by atoms with Crippen LogP contribution >= 0.6 is 11.8 Å². The summed E-state index contributed by atoms with van der Waals surface area (Å²) in [6, 6.07) is 2.91. The van der Waals surface area contributed by atoms with Crippen molar-refractivity contribution in [3.8, 4) is 0 Å².